The van der Waals surface area contributed by atoms with Crippen molar-refractivity contribution in [3.63, 3.8) is 0 Å². The summed E-state index contributed by atoms with van der Waals surface area (Å²) in [4.78, 5) is 0. The number of rotatable bonds is 8. The first-order chi connectivity index (χ1) is 13.4. The molecule has 3 aromatic carbocycles. The standard InChI is InChI=1S/C23H29O3PSi/c1-5-25-27(24,26-6-2)23(20-14-8-7-9-15-20)28(3,4)22-18-12-16-19-13-10-11-17-21(19)22/h7-18,23H,5-6H2,1-4H3/t23-/m1/s1. The fourth-order valence-corrected chi connectivity index (χ4v) is 12.5. The molecule has 0 amide bonds. The molecule has 0 aromatic heterocycles. The Morgan fingerprint density at radius 3 is 2.04 bits per heavy atom. The predicted molar refractivity (Wildman–Crippen MR) is 121 cm³/mol. The van der Waals surface area contributed by atoms with Crippen LogP contribution in [0.3, 0.4) is 0 Å². The molecule has 0 bridgehead atoms. The topological polar surface area (TPSA) is 35.5 Å². The Morgan fingerprint density at radius 2 is 1.39 bits per heavy atom. The van der Waals surface area contributed by atoms with E-state index in [1.165, 1.54) is 16.0 Å². The van der Waals surface area contributed by atoms with E-state index < -0.39 is 15.7 Å². The monoisotopic (exact) mass is 412 g/mol. The molecule has 1 atom stereocenters. The highest BCUT2D eigenvalue weighted by atomic mass is 31.2. The molecule has 3 rings (SSSR count). The van der Waals surface area contributed by atoms with Gasteiger partial charge in [-0.25, -0.2) is 0 Å². The lowest BCUT2D eigenvalue weighted by atomic mass is 10.1. The molecule has 0 radical (unpaired) electrons. The van der Waals surface area contributed by atoms with Gasteiger partial charge in [-0.2, -0.15) is 0 Å². The molecule has 0 heterocycles. The summed E-state index contributed by atoms with van der Waals surface area (Å²) in [5.41, 5.74) is 1.03. The molecule has 0 aliphatic carbocycles. The summed E-state index contributed by atoms with van der Waals surface area (Å²) in [6.45, 7) is 9.02. The van der Waals surface area contributed by atoms with Crippen LogP contribution in [0, 0.1) is 0 Å². The minimum atomic E-state index is -3.35. The zero-order valence-electron chi connectivity index (χ0n) is 17.1. The van der Waals surface area contributed by atoms with Crippen LogP contribution in [0.5, 0.6) is 0 Å². The van der Waals surface area contributed by atoms with Gasteiger partial charge < -0.3 is 9.05 Å². The molecule has 0 saturated carbocycles. The fourth-order valence-electron chi connectivity index (χ4n) is 4.11. The van der Waals surface area contributed by atoms with Crippen LogP contribution in [0.15, 0.2) is 72.8 Å². The van der Waals surface area contributed by atoms with E-state index in [4.69, 9.17) is 9.05 Å². The highest BCUT2D eigenvalue weighted by Crippen LogP contribution is 2.64. The van der Waals surface area contributed by atoms with Gasteiger partial charge in [-0.15, -0.1) is 0 Å². The van der Waals surface area contributed by atoms with Crippen LogP contribution in [0.4, 0.5) is 0 Å². The first kappa shape index (κ1) is 21.0. The SMILES string of the molecule is CCOP(=O)(OCC)[C@@H](c1ccccc1)[Si](C)(C)c1cccc2ccccc12. The summed E-state index contributed by atoms with van der Waals surface area (Å²) < 4.78 is 25.8. The number of fused-ring (bicyclic) bond motifs is 1. The van der Waals surface area contributed by atoms with Gasteiger partial charge in [0, 0.05) is 0 Å². The van der Waals surface area contributed by atoms with Crippen molar-refractivity contribution in [3.05, 3.63) is 78.4 Å². The quantitative estimate of drug-likeness (QED) is 0.322. The second-order valence-corrected chi connectivity index (χ2v) is 14.6. The summed E-state index contributed by atoms with van der Waals surface area (Å²) in [5, 5.41) is 3.42. The Hall–Kier alpha value is -1.71. The lowest BCUT2D eigenvalue weighted by Crippen LogP contribution is -2.48. The van der Waals surface area contributed by atoms with E-state index in [1.807, 2.05) is 32.0 Å². The van der Waals surface area contributed by atoms with Crippen molar-refractivity contribution in [3.8, 4) is 0 Å². The lowest BCUT2D eigenvalue weighted by Gasteiger charge is -2.38. The maximum atomic E-state index is 14.1. The predicted octanol–water partition coefficient (Wildman–Crippen LogP) is 6.30. The van der Waals surface area contributed by atoms with Crippen LogP contribution in [0.1, 0.15) is 24.7 Å². The minimum absolute atomic E-state index is 0.285. The molecule has 0 spiro atoms. The molecule has 0 N–H and O–H groups in total. The molecule has 0 unspecified atom stereocenters. The van der Waals surface area contributed by atoms with Crippen molar-refractivity contribution in [2.45, 2.75) is 32.2 Å². The van der Waals surface area contributed by atoms with Gasteiger partial charge in [-0.05, 0) is 30.2 Å². The lowest BCUT2D eigenvalue weighted by molar-refractivity contribution is 0.217. The summed E-state index contributed by atoms with van der Waals surface area (Å²) in [5.74, 6) is 0. The minimum Gasteiger partial charge on any atom is -0.309 e. The van der Waals surface area contributed by atoms with Gasteiger partial charge in [0.15, 0.2) is 0 Å². The van der Waals surface area contributed by atoms with Crippen molar-refractivity contribution >= 4 is 31.6 Å². The highest BCUT2D eigenvalue weighted by molar-refractivity contribution is 7.58. The Labute approximate surface area is 169 Å². The molecule has 0 aliphatic heterocycles. The van der Waals surface area contributed by atoms with E-state index in [-0.39, 0.29) is 5.28 Å². The molecular weight excluding hydrogens is 383 g/mol. The molecule has 3 aromatic rings. The first-order valence-corrected chi connectivity index (χ1v) is 14.5. The largest absolute Gasteiger partial charge is 0.335 e. The summed E-state index contributed by atoms with van der Waals surface area (Å²) >= 11 is 0. The second kappa shape index (κ2) is 8.75. The summed E-state index contributed by atoms with van der Waals surface area (Å²) in [6.07, 6.45) is 0. The van der Waals surface area contributed by atoms with Crippen LogP contribution >= 0.6 is 7.60 Å². The Bertz CT molecular complexity index is 957. The molecule has 3 nitrogen and oxygen atoms in total. The van der Waals surface area contributed by atoms with Gasteiger partial charge in [0.2, 0.25) is 0 Å². The van der Waals surface area contributed by atoms with E-state index in [0.29, 0.717) is 13.2 Å². The van der Waals surface area contributed by atoms with E-state index in [9.17, 15) is 4.57 Å². The third kappa shape index (κ3) is 4.01. The maximum Gasteiger partial charge on any atom is 0.335 e. The van der Waals surface area contributed by atoms with Crippen LogP contribution in [-0.2, 0) is 13.6 Å². The van der Waals surface area contributed by atoms with Gasteiger partial charge in [-0.3, -0.25) is 4.57 Å². The Morgan fingerprint density at radius 1 is 0.821 bits per heavy atom. The van der Waals surface area contributed by atoms with Gasteiger partial charge in [-0.1, -0.05) is 91.1 Å². The van der Waals surface area contributed by atoms with Crippen molar-refractivity contribution in [1.29, 1.82) is 0 Å². The molecule has 148 valence electrons. The second-order valence-electron chi connectivity index (χ2n) is 7.44. The average molecular weight is 413 g/mol. The summed E-state index contributed by atoms with van der Waals surface area (Å²) in [6, 6.07) is 24.9. The Balaban J connectivity index is 2.25. The number of benzene rings is 3. The maximum absolute atomic E-state index is 14.1. The van der Waals surface area contributed by atoms with Crippen LogP contribution in [-0.4, -0.2) is 21.3 Å². The third-order valence-corrected chi connectivity index (χ3v) is 13.8. The summed E-state index contributed by atoms with van der Waals surface area (Å²) in [7, 11) is -5.69. The highest BCUT2D eigenvalue weighted by Gasteiger charge is 2.49. The molecule has 0 saturated heterocycles. The Kier molecular flexibility index (Phi) is 6.56. The average Bonchev–Trinajstić information content (AvgIpc) is 2.68. The van der Waals surface area contributed by atoms with Crippen molar-refractivity contribution in [2.24, 2.45) is 0 Å². The molecule has 5 heteroatoms. The van der Waals surface area contributed by atoms with E-state index >= 15 is 0 Å². The van der Waals surface area contributed by atoms with E-state index in [1.54, 1.807) is 0 Å². The fraction of sp³-hybridized carbons (Fsp3) is 0.304. The number of hydrogen-bond donors (Lipinski definition) is 0. The molecule has 28 heavy (non-hydrogen) atoms. The van der Waals surface area contributed by atoms with E-state index in [2.05, 4.69) is 67.7 Å². The van der Waals surface area contributed by atoms with Crippen LogP contribution in [0.25, 0.3) is 10.8 Å². The smallest absolute Gasteiger partial charge is 0.309 e. The van der Waals surface area contributed by atoms with Gasteiger partial charge in [0.05, 0.1) is 18.5 Å². The van der Waals surface area contributed by atoms with E-state index in [0.717, 1.165) is 5.56 Å². The molecular formula is C23H29O3PSi. The van der Waals surface area contributed by atoms with Gasteiger partial charge >= 0.3 is 7.60 Å². The normalized spacial score (nSPS) is 13.6. The van der Waals surface area contributed by atoms with Crippen LogP contribution < -0.4 is 5.19 Å². The van der Waals surface area contributed by atoms with Crippen molar-refractivity contribution in [2.75, 3.05) is 13.2 Å². The van der Waals surface area contributed by atoms with Gasteiger partial charge in [0.1, 0.15) is 8.07 Å². The van der Waals surface area contributed by atoms with Gasteiger partial charge in [0.25, 0.3) is 0 Å². The molecule has 0 fully saturated rings. The number of hydrogen-bond acceptors (Lipinski definition) is 3. The zero-order chi connectivity index (χ0) is 20.2. The third-order valence-electron chi connectivity index (χ3n) is 5.22. The van der Waals surface area contributed by atoms with Crippen LogP contribution in [0.2, 0.25) is 13.1 Å². The van der Waals surface area contributed by atoms with Crippen molar-refractivity contribution in [1.82, 2.24) is 0 Å². The first-order valence-electron chi connectivity index (χ1n) is 9.86. The van der Waals surface area contributed by atoms with Crippen molar-refractivity contribution < 1.29 is 13.6 Å². The zero-order valence-corrected chi connectivity index (χ0v) is 19.0. The molecule has 0 aliphatic rings.